The van der Waals surface area contributed by atoms with Crippen LogP contribution in [0, 0.1) is 0 Å². The molecule has 1 rings (SSSR count). The third-order valence-corrected chi connectivity index (χ3v) is 9.04. The molecule has 0 aliphatic heterocycles. The topological polar surface area (TPSA) is 70.0 Å². The van der Waals surface area contributed by atoms with Gasteiger partial charge < -0.3 is 14.6 Å². The average Bonchev–Trinajstić information content (AvgIpc) is 2.46. The van der Waals surface area contributed by atoms with E-state index >= 15 is 0 Å². The second kappa shape index (κ2) is 7.94. The van der Waals surface area contributed by atoms with Crippen molar-refractivity contribution in [1.82, 2.24) is 4.90 Å². The Hall–Kier alpha value is -1.37. The van der Waals surface area contributed by atoms with Crippen LogP contribution in [0.5, 0.6) is 0 Å². The Labute approximate surface area is 140 Å². The molecule has 1 aromatic carbocycles. The van der Waals surface area contributed by atoms with E-state index in [1.54, 1.807) is 0 Å². The lowest BCUT2D eigenvalue weighted by molar-refractivity contribution is 0.0658. The van der Waals surface area contributed by atoms with Crippen molar-refractivity contribution in [2.24, 2.45) is 0 Å². The number of aliphatic hydroxyl groups excluding tert-OH is 1. The molecule has 0 saturated carbocycles. The van der Waals surface area contributed by atoms with Crippen LogP contribution in [0.3, 0.4) is 0 Å². The standard InChI is InChI=1S/C17H29NO4Si/c1-17(2,3)23(4,5)22-13-15(12-19)18(16(20)21)11-14-9-7-6-8-10-14/h6-10,15,19H,11-13H2,1-5H3,(H,20,21)/t15-/m0/s1. The Bertz CT molecular complexity index is 499. The van der Waals surface area contributed by atoms with E-state index in [9.17, 15) is 15.0 Å². The van der Waals surface area contributed by atoms with Gasteiger partial charge in [0.05, 0.1) is 19.3 Å². The summed E-state index contributed by atoms with van der Waals surface area (Å²) < 4.78 is 6.09. The maximum atomic E-state index is 11.6. The minimum Gasteiger partial charge on any atom is -0.465 e. The van der Waals surface area contributed by atoms with E-state index in [0.29, 0.717) is 0 Å². The molecule has 0 fully saturated rings. The van der Waals surface area contributed by atoms with Gasteiger partial charge in [-0.1, -0.05) is 51.1 Å². The molecule has 1 atom stereocenters. The molecule has 6 heteroatoms. The number of carbonyl (C=O) groups is 1. The zero-order chi connectivity index (χ0) is 17.7. The first-order valence-electron chi connectivity index (χ1n) is 7.87. The molecule has 1 amide bonds. The number of hydrogen-bond acceptors (Lipinski definition) is 3. The minimum absolute atomic E-state index is 0.0422. The maximum Gasteiger partial charge on any atom is 0.408 e. The van der Waals surface area contributed by atoms with Crippen LogP contribution in [0.2, 0.25) is 18.1 Å². The fourth-order valence-corrected chi connectivity index (χ4v) is 2.94. The SMILES string of the molecule is CC(C)(C)[Si](C)(C)OC[C@H](CO)N(Cc1ccccc1)C(=O)O. The van der Waals surface area contributed by atoms with Gasteiger partial charge in [-0.2, -0.15) is 0 Å². The summed E-state index contributed by atoms with van der Waals surface area (Å²) in [7, 11) is -1.99. The van der Waals surface area contributed by atoms with Crippen molar-refractivity contribution in [2.75, 3.05) is 13.2 Å². The molecule has 0 saturated heterocycles. The third-order valence-electron chi connectivity index (χ3n) is 4.54. The summed E-state index contributed by atoms with van der Waals surface area (Å²) >= 11 is 0. The van der Waals surface area contributed by atoms with Gasteiger partial charge in [-0.05, 0) is 23.7 Å². The maximum absolute atomic E-state index is 11.6. The van der Waals surface area contributed by atoms with Crippen LogP contribution in [-0.4, -0.2) is 48.8 Å². The van der Waals surface area contributed by atoms with E-state index in [0.717, 1.165) is 5.56 Å². The van der Waals surface area contributed by atoms with Crippen LogP contribution in [0.4, 0.5) is 4.79 Å². The van der Waals surface area contributed by atoms with Crippen LogP contribution in [-0.2, 0) is 11.0 Å². The van der Waals surface area contributed by atoms with Gasteiger partial charge in [0, 0.05) is 6.54 Å². The summed E-state index contributed by atoms with van der Waals surface area (Å²) in [6.07, 6.45) is -1.05. The van der Waals surface area contributed by atoms with Gasteiger partial charge in [0.2, 0.25) is 0 Å². The highest BCUT2D eigenvalue weighted by molar-refractivity contribution is 6.74. The summed E-state index contributed by atoms with van der Waals surface area (Å²) in [6, 6.07) is 8.81. The van der Waals surface area contributed by atoms with Gasteiger partial charge in [-0.3, -0.25) is 4.90 Å². The molecule has 0 aliphatic rings. The van der Waals surface area contributed by atoms with Gasteiger partial charge in [-0.25, -0.2) is 4.79 Å². The van der Waals surface area contributed by atoms with Crippen molar-refractivity contribution in [3.8, 4) is 0 Å². The normalized spacial score (nSPS) is 13.7. The van der Waals surface area contributed by atoms with Gasteiger partial charge in [0.1, 0.15) is 0 Å². The first-order chi connectivity index (χ1) is 10.6. The zero-order valence-corrected chi connectivity index (χ0v) is 15.7. The van der Waals surface area contributed by atoms with Gasteiger partial charge in [0.15, 0.2) is 8.32 Å². The number of aliphatic hydroxyl groups is 1. The number of carboxylic acid groups (broad SMARTS) is 1. The molecule has 0 radical (unpaired) electrons. The average molecular weight is 340 g/mol. The lowest BCUT2D eigenvalue weighted by atomic mass is 10.2. The molecule has 1 aromatic rings. The monoisotopic (exact) mass is 339 g/mol. The summed E-state index contributed by atoms with van der Waals surface area (Å²) in [5, 5.41) is 19.2. The van der Waals surface area contributed by atoms with Crippen molar-refractivity contribution < 1.29 is 19.4 Å². The van der Waals surface area contributed by atoms with E-state index in [4.69, 9.17) is 4.43 Å². The van der Waals surface area contributed by atoms with Crippen LogP contribution in [0.25, 0.3) is 0 Å². The number of amides is 1. The molecule has 0 bridgehead atoms. The Kier molecular flexibility index (Phi) is 6.79. The summed E-state index contributed by atoms with van der Waals surface area (Å²) in [4.78, 5) is 12.8. The Morgan fingerprint density at radius 2 is 1.83 bits per heavy atom. The molecular weight excluding hydrogens is 310 g/mol. The van der Waals surface area contributed by atoms with E-state index in [1.807, 2.05) is 30.3 Å². The van der Waals surface area contributed by atoms with E-state index in [-0.39, 0.29) is 24.8 Å². The number of nitrogens with zero attached hydrogens (tertiary/aromatic N) is 1. The zero-order valence-electron chi connectivity index (χ0n) is 14.7. The highest BCUT2D eigenvalue weighted by Crippen LogP contribution is 2.36. The summed E-state index contributed by atoms with van der Waals surface area (Å²) in [5.41, 5.74) is 0.890. The molecule has 23 heavy (non-hydrogen) atoms. The van der Waals surface area contributed by atoms with Crippen LogP contribution in [0.15, 0.2) is 30.3 Å². The lowest BCUT2D eigenvalue weighted by Crippen LogP contribution is -2.49. The predicted molar refractivity (Wildman–Crippen MR) is 94.0 cm³/mol. The van der Waals surface area contributed by atoms with Gasteiger partial charge >= 0.3 is 6.09 Å². The fraction of sp³-hybridized carbons (Fsp3) is 0.588. The largest absolute Gasteiger partial charge is 0.465 e. The molecule has 5 nitrogen and oxygen atoms in total. The van der Waals surface area contributed by atoms with Gasteiger partial charge in [-0.15, -0.1) is 0 Å². The molecular formula is C17H29NO4Si. The molecule has 0 spiro atoms. The summed E-state index contributed by atoms with van der Waals surface area (Å²) in [5.74, 6) is 0. The quantitative estimate of drug-likeness (QED) is 0.745. The summed E-state index contributed by atoms with van der Waals surface area (Å²) in [6.45, 7) is 10.8. The predicted octanol–water partition coefficient (Wildman–Crippen LogP) is 3.55. The minimum atomic E-state index is -1.99. The molecule has 0 unspecified atom stereocenters. The highest BCUT2D eigenvalue weighted by Gasteiger charge is 2.38. The molecule has 2 N–H and O–H groups in total. The van der Waals surface area contributed by atoms with Crippen molar-refractivity contribution >= 4 is 14.4 Å². The number of hydrogen-bond donors (Lipinski definition) is 2. The van der Waals surface area contributed by atoms with Crippen LogP contribution >= 0.6 is 0 Å². The Morgan fingerprint density at radius 3 is 2.26 bits per heavy atom. The van der Waals surface area contributed by atoms with Crippen molar-refractivity contribution in [1.29, 1.82) is 0 Å². The first kappa shape index (κ1) is 19.7. The fourth-order valence-electron chi connectivity index (χ4n) is 1.90. The second-order valence-corrected chi connectivity index (χ2v) is 12.1. The molecule has 130 valence electrons. The smallest absolute Gasteiger partial charge is 0.408 e. The van der Waals surface area contributed by atoms with Crippen molar-refractivity contribution in [3.63, 3.8) is 0 Å². The highest BCUT2D eigenvalue weighted by atomic mass is 28.4. The number of rotatable bonds is 7. The van der Waals surface area contributed by atoms with Crippen LogP contribution < -0.4 is 0 Å². The lowest BCUT2D eigenvalue weighted by Gasteiger charge is -2.38. The van der Waals surface area contributed by atoms with Gasteiger partial charge in [0.25, 0.3) is 0 Å². The first-order valence-corrected chi connectivity index (χ1v) is 10.8. The van der Waals surface area contributed by atoms with E-state index < -0.39 is 20.5 Å². The van der Waals surface area contributed by atoms with Crippen LogP contribution in [0.1, 0.15) is 26.3 Å². The third kappa shape index (κ3) is 5.64. The molecule has 0 aliphatic carbocycles. The van der Waals surface area contributed by atoms with Crippen molar-refractivity contribution in [3.05, 3.63) is 35.9 Å². The Balaban J connectivity index is 2.81. The van der Waals surface area contributed by atoms with E-state index in [1.165, 1.54) is 4.90 Å². The molecule has 0 heterocycles. The van der Waals surface area contributed by atoms with Crippen molar-refractivity contribution in [2.45, 2.75) is 51.5 Å². The second-order valence-electron chi connectivity index (χ2n) is 7.30. The Morgan fingerprint density at radius 1 is 1.26 bits per heavy atom. The van der Waals surface area contributed by atoms with E-state index in [2.05, 4.69) is 33.9 Å². The number of benzene rings is 1. The molecule has 0 aromatic heterocycles.